The molecule has 0 unspecified atom stereocenters. The maximum Gasteiger partial charge on any atom is 0.250 e. The van der Waals surface area contributed by atoms with Crippen LogP contribution in [0.15, 0.2) is 60.6 Å². The Hall–Kier alpha value is -3.54. The van der Waals surface area contributed by atoms with Crippen LogP contribution in [0.1, 0.15) is 56.0 Å². The van der Waals surface area contributed by atoms with Gasteiger partial charge in [0.05, 0.1) is 30.9 Å². The van der Waals surface area contributed by atoms with Crippen molar-refractivity contribution >= 4 is 12.0 Å². The van der Waals surface area contributed by atoms with Crippen LogP contribution in [0.5, 0.6) is 11.5 Å². The summed E-state index contributed by atoms with van der Waals surface area (Å²) in [5, 5.41) is 0. The highest BCUT2D eigenvalue weighted by Gasteiger charge is 2.39. The molecule has 176 valence electrons. The van der Waals surface area contributed by atoms with Gasteiger partial charge in [-0.15, -0.1) is 0 Å². The van der Waals surface area contributed by atoms with E-state index in [2.05, 4.69) is 24.9 Å². The maximum atomic E-state index is 13.7. The Kier molecular flexibility index (Phi) is 5.68. The molecule has 1 aromatic heterocycles. The Morgan fingerprint density at radius 3 is 2.79 bits per heavy atom. The molecule has 2 aromatic carbocycles. The Bertz CT molecular complexity index is 1260. The van der Waals surface area contributed by atoms with Gasteiger partial charge in [0.25, 0.3) is 0 Å². The van der Waals surface area contributed by atoms with Crippen molar-refractivity contribution in [3.05, 3.63) is 77.4 Å². The summed E-state index contributed by atoms with van der Waals surface area (Å²) >= 11 is 0. The first-order valence-corrected chi connectivity index (χ1v) is 11.8. The van der Waals surface area contributed by atoms with Crippen molar-refractivity contribution in [2.45, 2.75) is 51.7 Å². The van der Waals surface area contributed by atoms with Crippen molar-refractivity contribution in [2.24, 2.45) is 0 Å². The van der Waals surface area contributed by atoms with Gasteiger partial charge in [0.2, 0.25) is 5.91 Å². The molecule has 0 bridgehead atoms. The number of aromatic nitrogens is 2. The molecule has 3 aromatic rings. The number of rotatable bonds is 4. The van der Waals surface area contributed by atoms with Gasteiger partial charge >= 0.3 is 0 Å². The Morgan fingerprint density at radius 2 is 2.03 bits per heavy atom. The summed E-state index contributed by atoms with van der Waals surface area (Å²) in [5.74, 6) is 1.73. The average Bonchev–Trinajstić information content (AvgIpc) is 3.25. The number of ether oxygens (including phenoxy) is 2. The molecule has 0 N–H and O–H groups in total. The van der Waals surface area contributed by atoms with Gasteiger partial charge in [0.15, 0.2) is 0 Å². The number of imidazole rings is 1. The molecule has 6 nitrogen and oxygen atoms in total. The third kappa shape index (κ3) is 4.20. The number of likely N-dealkylation sites (tertiary alicyclic amines) is 1. The smallest absolute Gasteiger partial charge is 0.250 e. The van der Waals surface area contributed by atoms with Crippen LogP contribution < -0.4 is 9.47 Å². The minimum atomic E-state index is -0.324. The van der Waals surface area contributed by atoms with Gasteiger partial charge in [-0.25, -0.2) is 4.98 Å². The highest BCUT2D eigenvalue weighted by atomic mass is 16.5. The Morgan fingerprint density at radius 1 is 1.21 bits per heavy atom. The summed E-state index contributed by atoms with van der Waals surface area (Å²) in [4.78, 5) is 20.0. The predicted molar refractivity (Wildman–Crippen MR) is 132 cm³/mol. The van der Waals surface area contributed by atoms with E-state index in [4.69, 9.17) is 9.47 Å². The second-order valence-corrected chi connectivity index (χ2v) is 9.74. The van der Waals surface area contributed by atoms with E-state index in [1.807, 2.05) is 65.1 Å². The molecule has 0 radical (unpaired) electrons. The lowest BCUT2D eigenvalue weighted by Crippen LogP contribution is -2.46. The lowest BCUT2D eigenvalue weighted by Gasteiger charge is -2.44. The second kappa shape index (κ2) is 8.67. The molecule has 2 aliphatic rings. The quantitative estimate of drug-likeness (QED) is 0.486. The van der Waals surface area contributed by atoms with Crippen LogP contribution in [-0.4, -0.2) is 39.6 Å². The van der Waals surface area contributed by atoms with E-state index in [-0.39, 0.29) is 17.6 Å². The number of piperidine rings is 1. The molecular weight excluding hydrogens is 426 g/mol. The standard InChI is InChI=1S/C28H31N3O3/c1-19-17-30(18-29-19)23-12-11-20(15-26(23)33-4)14-21-8-7-13-31(27(21)32)24-16-28(2,3)34-25-10-6-5-9-22(24)25/h5-6,9-12,14-15,17-18,24H,7-8,13,16H2,1-4H3/b21-14+/t24-/m1/s1. The number of benzene rings is 2. The van der Waals surface area contributed by atoms with Crippen molar-refractivity contribution in [2.75, 3.05) is 13.7 Å². The van der Waals surface area contributed by atoms with Gasteiger partial charge in [-0.1, -0.05) is 24.3 Å². The zero-order valence-electron chi connectivity index (χ0n) is 20.2. The average molecular weight is 458 g/mol. The number of carbonyl (C=O) groups is 1. The van der Waals surface area contributed by atoms with E-state index in [1.165, 1.54) is 0 Å². The SMILES string of the molecule is COc1cc(/C=C2\CCCN([C@@H]3CC(C)(C)Oc4ccccc43)C2=O)ccc1-n1cnc(C)c1. The first kappa shape index (κ1) is 22.3. The van der Waals surface area contributed by atoms with E-state index < -0.39 is 0 Å². The zero-order valence-corrected chi connectivity index (χ0v) is 20.2. The van der Waals surface area contributed by atoms with Crippen LogP contribution in [-0.2, 0) is 4.79 Å². The van der Waals surface area contributed by atoms with Gasteiger partial charge in [-0.2, -0.15) is 0 Å². The van der Waals surface area contributed by atoms with Gasteiger partial charge < -0.3 is 18.9 Å². The fourth-order valence-corrected chi connectivity index (χ4v) is 5.06. The normalized spacial score (nSPS) is 20.7. The van der Waals surface area contributed by atoms with E-state index in [1.54, 1.807) is 13.4 Å². The van der Waals surface area contributed by atoms with Crippen LogP contribution in [0.3, 0.4) is 0 Å². The summed E-state index contributed by atoms with van der Waals surface area (Å²) in [7, 11) is 1.66. The van der Waals surface area contributed by atoms with Crippen molar-refractivity contribution in [3.8, 4) is 17.2 Å². The van der Waals surface area contributed by atoms with Gasteiger partial charge in [0.1, 0.15) is 17.1 Å². The Balaban J connectivity index is 1.45. The number of hydrogen-bond acceptors (Lipinski definition) is 4. The molecule has 6 heteroatoms. The molecule has 1 fully saturated rings. The molecule has 34 heavy (non-hydrogen) atoms. The molecule has 5 rings (SSSR count). The minimum absolute atomic E-state index is 0.0116. The molecular formula is C28H31N3O3. The van der Waals surface area contributed by atoms with Crippen molar-refractivity contribution in [1.82, 2.24) is 14.5 Å². The molecule has 0 aliphatic carbocycles. The minimum Gasteiger partial charge on any atom is -0.495 e. The number of amides is 1. The highest BCUT2D eigenvalue weighted by molar-refractivity contribution is 5.99. The lowest BCUT2D eigenvalue weighted by atomic mass is 9.87. The fourth-order valence-electron chi connectivity index (χ4n) is 5.06. The second-order valence-electron chi connectivity index (χ2n) is 9.74. The van der Waals surface area contributed by atoms with Crippen LogP contribution in [0, 0.1) is 6.92 Å². The first-order chi connectivity index (χ1) is 16.3. The lowest BCUT2D eigenvalue weighted by molar-refractivity contribution is -0.132. The number of hydrogen-bond donors (Lipinski definition) is 0. The van der Waals surface area contributed by atoms with E-state index in [0.717, 1.165) is 65.4 Å². The molecule has 0 saturated carbocycles. The van der Waals surface area contributed by atoms with E-state index in [9.17, 15) is 4.79 Å². The monoisotopic (exact) mass is 457 g/mol. The van der Waals surface area contributed by atoms with E-state index >= 15 is 0 Å². The summed E-state index contributed by atoms with van der Waals surface area (Å²) in [6.07, 6.45) is 8.24. The number of para-hydroxylation sites is 1. The molecule has 1 atom stereocenters. The molecule has 3 heterocycles. The summed E-state index contributed by atoms with van der Waals surface area (Å²) in [6.45, 7) is 6.90. The number of aryl methyl sites for hydroxylation is 1. The molecule has 2 aliphatic heterocycles. The summed E-state index contributed by atoms with van der Waals surface area (Å²) < 4.78 is 13.8. The van der Waals surface area contributed by atoms with Crippen LogP contribution >= 0.6 is 0 Å². The van der Waals surface area contributed by atoms with Crippen LogP contribution in [0.25, 0.3) is 11.8 Å². The largest absolute Gasteiger partial charge is 0.495 e. The number of fused-ring (bicyclic) bond motifs is 1. The first-order valence-electron chi connectivity index (χ1n) is 11.8. The zero-order chi connectivity index (χ0) is 23.9. The number of methoxy groups -OCH3 is 1. The maximum absolute atomic E-state index is 13.7. The summed E-state index contributed by atoms with van der Waals surface area (Å²) in [6, 6.07) is 14.1. The number of carbonyl (C=O) groups excluding carboxylic acids is 1. The van der Waals surface area contributed by atoms with Crippen molar-refractivity contribution < 1.29 is 14.3 Å². The van der Waals surface area contributed by atoms with Crippen molar-refractivity contribution in [3.63, 3.8) is 0 Å². The van der Waals surface area contributed by atoms with E-state index in [0.29, 0.717) is 0 Å². The third-order valence-corrected chi connectivity index (χ3v) is 6.64. The summed E-state index contributed by atoms with van der Waals surface area (Å²) in [5.41, 5.74) is 4.42. The molecule has 1 amide bonds. The van der Waals surface area contributed by atoms with Gasteiger partial charge in [-0.3, -0.25) is 4.79 Å². The third-order valence-electron chi connectivity index (χ3n) is 6.64. The number of nitrogens with zero attached hydrogens (tertiary/aromatic N) is 3. The molecule has 1 saturated heterocycles. The fraction of sp³-hybridized carbons (Fsp3) is 0.357. The van der Waals surface area contributed by atoms with Crippen LogP contribution in [0.4, 0.5) is 0 Å². The van der Waals surface area contributed by atoms with Gasteiger partial charge in [-0.05, 0) is 63.5 Å². The van der Waals surface area contributed by atoms with Gasteiger partial charge in [0, 0.05) is 30.3 Å². The predicted octanol–water partition coefficient (Wildman–Crippen LogP) is 5.50. The molecule has 0 spiro atoms. The van der Waals surface area contributed by atoms with Crippen molar-refractivity contribution in [1.29, 1.82) is 0 Å². The Labute approximate surface area is 200 Å². The highest BCUT2D eigenvalue weighted by Crippen LogP contribution is 2.44. The van der Waals surface area contributed by atoms with Crippen LogP contribution in [0.2, 0.25) is 0 Å². The topological polar surface area (TPSA) is 56.6 Å².